The van der Waals surface area contributed by atoms with Gasteiger partial charge in [0.05, 0.1) is 11.4 Å². The molecule has 0 atom stereocenters. The van der Waals surface area contributed by atoms with Gasteiger partial charge in [-0.15, -0.1) is 11.8 Å². The molecule has 3 rings (SSSR count). The number of hydrogen-bond donors (Lipinski definition) is 1. The van der Waals surface area contributed by atoms with Crippen molar-refractivity contribution >= 4 is 17.7 Å². The zero-order valence-corrected chi connectivity index (χ0v) is 9.99. The SMILES string of the molecule is Cc1nc(C(=O)O)c2n1-c1ccccc1SC2. The van der Waals surface area contributed by atoms with Gasteiger partial charge in [-0.05, 0) is 19.1 Å². The van der Waals surface area contributed by atoms with E-state index in [1.54, 1.807) is 11.8 Å². The zero-order chi connectivity index (χ0) is 12.0. The molecule has 0 saturated heterocycles. The number of carboxylic acid groups (broad SMARTS) is 1. The molecule has 0 amide bonds. The van der Waals surface area contributed by atoms with Gasteiger partial charge in [-0.1, -0.05) is 12.1 Å². The van der Waals surface area contributed by atoms with Gasteiger partial charge in [-0.25, -0.2) is 9.78 Å². The highest BCUT2D eigenvalue weighted by molar-refractivity contribution is 7.98. The van der Waals surface area contributed by atoms with E-state index in [1.165, 1.54) is 0 Å². The van der Waals surface area contributed by atoms with Crippen molar-refractivity contribution in [2.75, 3.05) is 0 Å². The third-order valence-corrected chi connectivity index (χ3v) is 3.89. The van der Waals surface area contributed by atoms with Gasteiger partial charge in [0.1, 0.15) is 5.82 Å². The number of benzene rings is 1. The lowest BCUT2D eigenvalue weighted by molar-refractivity contribution is 0.0690. The largest absolute Gasteiger partial charge is 0.476 e. The first-order valence-corrected chi connectivity index (χ1v) is 6.21. The number of hydrogen-bond acceptors (Lipinski definition) is 3. The molecule has 0 unspecified atom stereocenters. The molecule has 1 aliphatic rings. The maximum Gasteiger partial charge on any atom is 0.356 e. The van der Waals surface area contributed by atoms with Crippen LogP contribution in [0.5, 0.6) is 0 Å². The Balaban J connectivity index is 2.30. The number of para-hydroxylation sites is 1. The smallest absolute Gasteiger partial charge is 0.356 e. The molecule has 1 aromatic heterocycles. The molecule has 1 aromatic carbocycles. The molecular weight excluding hydrogens is 236 g/mol. The van der Waals surface area contributed by atoms with Crippen LogP contribution < -0.4 is 0 Å². The molecule has 0 fully saturated rings. The van der Waals surface area contributed by atoms with Gasteiger partial charge in [0.25, 0.3) is 0 Å². The van der Waals surface area contributed by atoms with E-state index < -0.39 is 5.97 Å². The predicted octanol–water partition coefficient (Wildman–Crippen LogP) is 2.48. The summed E-state index contributed by atoms with van der Waals surface area (Å²) < 4.78 is 1.94. The number of rotatable bonds is 1. The molecule has 0 aliphatic carbocycles. The Morgan fingerprint density at radius 3 is 3.00 bits per heavy atom. The maximum atomic E-state index is 11.1. The first-order valence-electron chi connectivity index (χ1n) is 5.22. The van der Waals surface area contributed by atoms with Gasteiger partial charge in [0, 0.05) is 10.6 Å². The summed E-state index contributed by atoms with van der Waals surface area (Å²) in [4.78, 5) is 16.4. The fourth-order valence-corrected chi connectivity index (χ4v) is 3.15. The fraction of sp³-hybridized carbons (Fsp3) is 0.167. The summed E-state index contributed by atoms with van der Waals surface area (Å²) in [5.41, 5.74) is 1.97. The predicted molar refractivity (Wildman–Crippen MR) is 64.8 cm³/mol. The average molecular weight is 246 g/mol. The molecule has 1 N–H and O–H groups in total. The third-order valence-electron chi connectivity index (χ3n) is 2.81. The van der Waals surface area contributed by atoms with E-state index in [1.807, 2.05) is 35.8 Å². The zero-order valence-electron chi connectivity index (χ0n) is 9.17. The first-order chi connectivity index (χ1) is 8.18. The molecule has 4 nitrogen and oxygen atoms in total. The van der Waals surface area contributed by atoms with Gasteiger partial charge in [-0.3, -0.25) is 4.57 Å². The molecule has 86 valence electrons. The highest BCUT2D eigenvalue weighted by Gasteiger charge is 2.25. The molecule has 0 bridgehead atoms. The van der Waals surface area contributed by atoms with Crippen LogP contribution >= 0.6 is 11.8 Å². The molecule has 1 aliphatic heterocycles. The van der Waals surface area contributed by atoms with Crippen LogP contribution in [-0.4, -0.2) is 20.6 Å². The average Bonchev–Trinajstić information content (AvgIpc) is 2.67. The van der Waals surface area contributed by atoms with E-state index in [4.69, 9.17) is 5.11 Å². The lowest BCUT2D eigenvalue weighted by atomic mass is 10.2. The van der Waals surface area contributed by atoms with Gasteiger partial charge in [0.2, 0.25) is 0 Å². The normalized spacial score (nSPS) is 13.0. The summed E-state index contributed by atoms with van der Waals surface area (Å²) in [7, 11) is 0. The van der Waals surface area contributed by atoms with Crippen molar-refractivity contribution in [3.63, 3.8) is 0 Å². The van der Waals surface area contributed by atoms with Gasteiger partial charge >= 0.3 is 5.97 Å². The molecule has 0 radical (unpaired) electrons. The number of aromatic carboxylic acids is 1. The van der Waals surface area contributed by atoms with E-state index in [0.717, 1.165) is 22.1 Å². The molecule has 2 aromatic rings. The van der Waals surface area contributed by atoms with Crippen molar-refractivity contribution in [2.45, 2.75) is 17.6 Å². The highest BCUT2D eigenvalue weighted by atomic mass is 32.2. The summed E-state index contributed by atoms with van der Waals surface area (Å²) in [5.74, 6) is 0.423. The molecule has 2 heterocycles. The number of thioether (sulfide) groups is 1. The highest BCUT2D eigenvalue weighted by Crippen LogP contribution is 2.37. The Hall–Kier alpha value is -1.75. The second-order valence-electron chi connectivity index (χ2n) is 3.85. The van der Waals surface area contributed by atoms with Crippen LogP contribution in [0, 0.1) is 6.92 Å². The van der Waals surface area contributed by atoms with Gasteiger partial charge < -0.3 is 5.11 Å². The minimum absolute atomic E-state index is 0.171. The molecule has 0 saturated carbocycles. The van der Waals surface area contributed by atoms with Crippen molar-refractivity contribution in [1.82, 2.24) is 9.55 Å². The van der Waals surface area contributed by atoms with Crippen molar-refractivity contribution in [3.05, 3.63) is 41.5 Å². The lowest BCUT2D eigenvalue weighted by Gasteiger charge is -2.19. The van der Waals surface area contributed by atoms with Gasteiger partial charge in [-0.2, -0.15) is 0 Å². The van der Waals surface area contributed by atoms with Crippen LogP contribution in [0.3, 0.4) is 0 Å². The number of nitrogens with zero attached hydrogens (tertiary/aromatic N) is 2. The van der Waals surface area contributed by atoms with E-state index in [2.05, 4.69) is 4.98 Å². The van der Waals surface area contributed by atoms with Crippen molar-refractivity contribution in [1.29, 1.82) is 0 Å². The van der Waals surface area contributed by atoms with Crippen molar-refractivity contribution in [3.8, 4) is 5.69 Å². The van der Waals surface area contributed by atoms with E-state index in [9.17, 15) is 4.79 Å². The molecule has 17 heavy (non-hydrogen) atoms. The minimum atomic E-state index is -0.957. The third kappa shape index (κ3) is 1.46. The van der Waals surface area contributed by atoms with Crippen LogP contribution in [0.2, 0.25) is 0 Å². The monoisotopic (exact) mass is 246 g/mol. The number of imidazole rings is 1. The van der Waals surface area contributed by atoms with Crippen LogP contribution in [0.25, 0.3) is 5.69 Å². The Morgan fingerprint density at radius 2 is 2.24 bits per heavy atom. The second-order valence-corrected chi connectivity index (χ2v) is 4.87. The quantitative estimate of drug-likeness (QED) is 0.840. The summed E-state index contributed by atoms with van der Waals surface area (Å²) in [6.45, 7) is 1.84. The van der Waals surface area contributed by atoms with Crippen molar-refractivity contribution in [2.24, 2.45) is 0 Å². The summed E-state index contributed by atoms with van der Waals surface area (Å²) >= 11 is 1.65. The van der Waals surface area contributed by atoms with Crippen LogP contribution in [-0.2, 0) is 5.75 Å². The van der Waals surface area contributed by atoms with Crippen LogP contribution in [0.15, 0.2) is 29.2 Å². The lowest BCUT2D eigenvalue weighted by Crippen LogP contribution is -2.10. The molecule has 5 heteroatoms. The second kappa shape index (κ2) is 3.63. The van der Waals surface area contributed by atoms with E-state index in [0.29, 0.717) is 5.75 Å². The topological polar surface area (TPSA) is 55.1 Å². The van der Waals surface area contributed by atoms with Gasteiger partial charge in [0.15, 0.2) is 5.69 Å². The number of aryl methyl sites for hydroxylation is 1. The standard InChI is InChI=1S/C12H10N2O2S/c1-7-13-11(12(15)16)9-6-17-10-5-3-2-4-8(10)14(7)9/h2-5H,6H2,1H3,(H,15,16). The number of aromatic nitrogens is 2. The molecular formula is C12H10N2O2S. The number of carboxylic acids is 1. The van der Waals surface area contributed by atoms with Crippen LogP contribution in [0.1, 0.15) is 22.0 Å². The van der Waals surface area contributed by atoms with Crippen LogP contribution in [0.4, 0.5) is 0 Å². The maximum absolute atomic E-state index is 11.1. The Labute approximate surface area is 102 Å². The number of carbonyl (C=O) groups is 1. The summed E-state index contributed by atoms with van der Waals surface area (Å²) in [6, 6.07) is 7.98. The first kappa shape index (κ1) is 10.4. The Morgan fingerprint density at radius 1 is 1.47 bits per heavy atom. The summed E-state index contributed by atoms with van der Waals surface area (Å²) in [5, 5.41) is 9.12. The van der Waals surface area contributed by atoms with Crippen molar-refractivity contribution < 1.29 is 9.90 Å². The van der Waals surface area contributed by atoms with E-state index in [-0.39, 0.29) is 5.69 Å². The van der Waals surface area contributed by atoms with E-state index >= 15 is 0 Å². The summed E-state index contributed by atoms with van der Waals surface area (Å²) in [6.07, 6.45) is 0. The Bertz CT molecular complexity index is 619. The number of fused-ring (bicyclic) bond motifs is 3. The Kier molecular flexibility index (Phi) is 2.22. The fourth-order valence-electron chi connectivity index (χ4n) is 2.11. The minimum Gasteiger partial charge on any atom is -0.476 e. The molecule has 0 spiro atoms.